The minimum absolute atomic E-state index is 0.0122. The average molecular weight is 496 g/mol. The SMILES string of the molecule is COc1ccc(-c2ccc(=O)n(CCCC(=O)Nc3cc(C(F)(F)F)ccc3Cl)n2)cc1OC. The molecule has 0 saturated heterocycles. The van der Waals surface area contributed by atoms with Gasteiger partial charge in [-0.1, -0.05) is 11.6 Å². The average Bonchev–Trinajstić information content (AvgIpc) is 2.80. The van der Waals surface area contributed by atoms with Crippen LogP contribution in [0, 0.1) is 0 Å². The van der Waals surface area contributed by atoms with Crippen molar-refractivity contribution in [3.63, 3.8) is 0 Å². The van der Waals surface area contributed by atoms with Gasteiger partial charge in [0.2, 0.25) is 5.91 Å². The van der Waals surface area contributed by atoms with Crippen LogP contribution < -0.4 is 20.3 Å². The summed E-state index contributed by atoms with van der Waals surface area (Å²) in [4.78, 5) is 24.4. The molecule has 0 bridgehead atoms. The number of benzene rings is 2. The van der Waals surface area contributed by atoms with Crippen molar-refractivity contribution in [2.24, 2.45) is 0 Å². The van der Waals surface area contributed by atoms with Gasteiger partial charge in [-0.2, -0.15) is 18.3 Å². The van der Waals surface area contributed by atoms with Crippen LogP contribution in [0.3, 0.4) is 0 Å². The quantitative estimate of drug-likeness (QED) is 0.474. The van der Waals surface area contributed by atoms with E-state index in [0.717, 1.165) is 18.2 Å². The van der Waals surface area contributed by atoms with Gasteiger partial charge < -0.3 is 14.8 Å². The number of rotatable bonds is 8. The Kier molecular flexibility index (Phi) is 7.83. The summed E-state index contributed by atoms with van der Waals surface area (Å²) in [5, 5.41) is 6.70. The number of carbonyl (C=O) groups excluding carboxylic acids is 1. The highest BCUT2D eigenvalue weighted by Crippen LogP contribution is 2.34. The van der Waals surface area contributed by atoms with Crippen LogP contribution in [-0.2, 0) is 17.5 Å². The number of ether oxygens (including phenoxy) is 2. The maximum absolute atomic E-state index is 12.9. The molecule has 7 nitrogen and oxygen atoms in total. The smallest absolute Gasteiger partial charge is 0.416 e. The fourth-order valence-electron chi connectivity index (χ4n) is 3.16. The summed E-state index contributed by atoms with van der Waals surface area (Å²) in [6.07, 6.45) is -4.39. The summed E-state index contributed by atoms with van der Waals surface area (Å²) < 4.78 is 50.4. The van der Waals surface area contributed by atoms with Gasteiger partial charge in [-0.05, 0) is 48.9 Å². The second kappa shape index (κ2) is 10.6. The van der Waals surface area contributed by atoms with Crippen molar-refractivity contribution in [1.82, 2.24) is 9.78 Å². The van der Waals surface area contributed by atoms with Gasteiger partial charge >= 0.3 is 6.18 Å². The molecule has 0 saturated carbocycles. The highest BCUT2D eigenvalue weighted by atomic mass is 35.5. The standard InChI is InChI=1S/C23H21ClF3N3O4/c1-33-19-9-5-14(12-20(19)34-2)17-8-10-22(32)30(29-17)11-3-4-21(31)28-18-13-15(23(25,26)27)6-7-16(18)24/h5-10,12-13H,3-4,11H2,1-2H3,(H,28,31). The molecule has 3 rings (SSSR count). The number of aromatic nitrogens is 2. The normalized spacial score (nSPS) is 11.2. The molecule has 34 heavy (non-hydrogen) atoms. The van der Waals surface area contributed by atoms with E-state index in [2.05, 4.69) is 10.4 Å². The highest BCUT2D eigenvalue weighted by Gasteiger charge is 2.31. The molecule has 1 aromatic heterocycles. The third kappa shape index (κ3) is 6.07. The van der Waals surface area contributed by atoms with Gasteiger partial charge in [0.25, 0.3) is 5.56 Å². The van der Waals surface area contributed by atoms with Crippen LogP contribution in [0.25, 0.3) is 11.3 Å². The first-order chi connectivity index (χ1) is 16.1. The number of hydrogen-bond acceptors (Lipinski definition) is 5. The molecule has 11 heteroatoms. The third-order valence-corrected chi connectivity index (χ3v) is 5.22. The first kappa shape index (κ1) is 25.1. The van der Waals surface area contributed by atoms with Gasteiger partial charge in [0, 0.05) is 24.6 Å². The molecular weight excluding hydrogens is 475 g/mol. The molecule has 0 aliphatic carbocycles. The van der Waals surface area contributed by atoms with Crippen LogP contribution in [0.1, 0.15) is 18.4 Å². The monoisotopic (exact) mass is 495 g/mol. The lowest BCUT2D eigenvalue weighted by Crippen LogP contribution is -2.23. The number of aryl methyl sites for hydroxylation is 1. The lowest BCUT2D eigenvalue weighted by atomic mass is 10.1. The van der Waals surface area contributed by atoms with Gasteiger partial charge in [0.1, 0.15) is 0 Å². The van der Waals surface area contributed by atoms with Crippen molar-refractivity contribution >= 4 is 23.2 Å². The Morgan fingerprint density at radius 3 is 2.47 bits per heavy atom. The molecule has 0 unspecified atom stereocenters. The predicted octanol–water partition coefficient (Wildman–Crippen LogP) is 5.02. The van der Waals surface area contributed by atoms with Gasteiger partial charge in [0.05, 0.1) is 36.2 Å². The van der Waals surface area contributed by atoms with Crippen LogP contribution in [0.2, 0.25) is 5.02 Å². The maximum atomic E-state index is 12.9. The number of alkyl halides is 3. The largest absolute Gasteiger partial charge is 0.493 e. The van der Waals surface area contributed by atoms with Crippen LogP contribution >= 0.6 is 11.6 Å². The second-order valence-electron chi connectivity index (χ2n) is 7.19. The van der Waals surface area contributed by atoms with Gasteiger partial charge in [-0.15, -0.1) is 0 Å². The van der Waals surface area contributed by atoms with Gasteiger partial charge in [-0.3, -0.25) is 9.59 Å². The summed E-state index contributed by atoms with van der Waals surface area (Å²) in [5.74, 6) is 0.515. The molecular formula is C23H21ClF3N3O4. The summed E-state index contributed by atoms with van der Waals surface area (Å²) in [6, 6.07) is 10.8. The Balaban J connectivity index is 1.67. The minimum Gasteiger partial charge on any atom is -0.493 e. The van der Waals surface area contributed by atoms with Crippen LogP contribution in [0.4, 0.5) is 18.9 Å². The predicted molar refractivity (Wildman–Crippen MR) is 121 cm³/mol. The summed E-state index contributed by atoms with van der Waals surface area (Å²) in [7, 11) is 3.03. The van der Waals surface area contributed by atoms with Crippen molar-refractivity contribution in [2.45, 2.75) is 25.6 Å². The number of anilines is 1. The summed E-state index contributed by atoms with van der Waals surface area (Å²) >= 11 is 5.90. The Morgan fingerprint density at radius 1 is 1.06 bits per heavy atom. The molecule has 180 valence electrons. The molecule has 1 heterocycles. The minimum atomic E-state index is -4.56. The van der Waals surface area contributed by atoms with E-state index in [-0.39, 0.29) is 35.7 Å². The lowest BCUT2D eigenvalue weighted by molar-refractivity contribution is -0.137. The molecule has 0 aliphatic rings. The zero-order valence-corrected chi connectivity index (χ0v) is 19.0. The summed E-state index contributed by atoms with van der Waals surface area (Å²) in [6.45, 7) is 0.129. The number of nitrogens with zero attached hydrogens (tertiary/aromatic N) is 2. The van der Waals surface area contributed by atoms with Crippen LogP contribution in [0.5, 0.6) is 11.5 Å². The molecule has 0 aliphatic heterocycles. The first-order valence-electron chi connectivity index (χ1n) is 10.1. The number of halogens is 4. The highest BCUT2D eigenvalue weighted by molar-refractivity contribution is 6.33. The maximum Gasteiger partial charge on any atom is 0.416 e. The van der Waals surface area contributed by atoms with E-state index >= 15 is 0 Å². The van der Waals surface area contributed by atoms with Crippen LogP contribution in [0.15, 0.2) is 53.3 Å². The molecule has 0 spiro atoms. The van der Waals surface area contributed by atoms with Crippen molar-refractivity contribution in [3.8, 4) is 22.8 Å². The van der Waals surface area contributed by atoms with E-state index in [1.165, 1.54) is 25.0 Å². The van der Waals surface area contributed by atoms with Gasteiger partial charge in [-0.25, -0.2) is 4.68 Å². The van der Waals surface area contributed by atoms with E-state index in [9.17, 15) is 22.8 Å². The number of amides is 1. The Bertz CT molecular complexity index is 1240. The number of nitrogens with one attached hydrogen (secondary N) is 1. The van der Waals surface area contributed by atoms with Crippen molar-refractivity contribution in [2.75, 3.05) is 19.5 Å². The van der Waals surface area contributed by atoms with E-state index in [0.29, 0.717) is 22.8 Å². The zero-order valence-electron chi connectivity index (χ0n) is 18.3. The number of carbonyl (C=O) groups is 1. The van der Waals surface area contributed by atoms with E-state index < -0.39 is 17.6 Å². The fourth-order valence-corrected chi connectivity index (χ4v) is 3.32. The second-order valence-corrected chi connectivity index (χ2v) is 7.60. The van der Waals surface area contributed by atoms with Crippen molar-refractivity contribution in [1.29, 1.82) is 0 Å². The Hall–Kier alpha value is -3.53. The topological polar surface area (TPSA) is 82.5 Å². The third-order valence-electron chi connectivity index (χ3n) is 4.89. The molecule has 1 amide bonds. The van der Waals surface area contributed by atoms with E-state index in [4.69, 9.17) is 21.1 Å². The Morgan fingerprint density at radius 2 is 1.79 bits per heavy atom. The van der Waals surface area contributed by atoms with Crippen molar-refractivity contribution in [3.05, 3.63) is 69.5 Å². The molecule has 3 aromatic rings. The Labute approximate surface area is 198 Å². The molecule has 0 atom stereocenters. The number of methoxy groups -OCH3 is 2. The fraction of sp³-hybridized carbons (Fsp3) is 0.261. The van der Waals surface area contributed by atoms with Crippen molar-refractivity contribution < 1.29 is 27.4 Å². The first-order valence-corrected chi connectivity index (χ1v) is 10.5. The van der Waals surface area contributed by atoms with Crippen LogP contribution in [-0.4, -0.2) is 29.9 Å². The van der Waals surface area contributed by atoms with E-state index in [1.807, 2.05) is 0 Å². The van der Waals surface area contributed by atoms with Gasteiger partial charge in [0.15, 0.2) is 11.5 Å². The van der Waals surface area contributed by atoms with E-state index in [1.54, 1.807) is 24.3 Å². The molecule has 0 fully saturated rings. The number of hydrogen-bond donors (Lipinski definition) is 1. The summed E-state index contributed by atoms with van der Waals surface area (Å²) in [5.41, 5.74) is -0.197. The molecule has 1 N–H and O–H groups in total. The zero-order chi connectivity index (χ0) is 24.9. The lowest BCUT2D eigenvalue weighted by Gasteiger charge is -2.12. The molecule has 2 aromatic carbocycles. The molecule has 0 radical (unpaired) electrons.